The minimum atomic E-state index is 0. The molecule has 1 saturated carbocycles. The zero-order chi connectivity index (χ0) is 7.35. The van der Waals surface area contributed by atoms with E-state index in [1.807, 2.05) is 0 Å². The van der Waals surface area contributed by atoms with Crippen molar-refractivity contribution in [2.24, 2.45) is 11.3 Å². The summed E-state index contributed by atoms with van der Waals surface area (Å²) < 4.78 is 0. The molecule has 3 aliphatic rings. The molecule has 0 spiro atoms. The van der Waals surface area contributed by atoms with Gasteiger partial charge in [0.2, 0.25) is 0 Å². The zero-order valence-electron chi connectivity index (χ0n) is 7.58. The van der Waals surface area contributed by atoms with Crippen molar-refractivity contribution in [1.82, 2.24) is 0 Å². The molecule has 1 atom stereocenters. The second-order valence-corrected chi connectivity index (χ2v) is 4.42. The summed E-state index contributed by atoms with van der Waals surface area (Å²) in [4.78, 5) is 0. The van der Waals surface area contributed by atoms with Gasteiger partial charge in [-0.2, -0.15) is 0 Å². The van der Waals surface area contributed by atoms with Crippen LogP contribution >= 0.6 is 0 Å². The third-order valence-corrected chi connectivity index (χ3v) is 3.63. The average molecular weight is 191 g/mol. The van der Waals surface area contributed by atoms with Gasteiger partial charge in [-0.25, -0.2) is 0 Å². The Bertz CT molecular complexity index is 201. The van der Waals surface area contributed by atoms with Crippen LogP contribution < -0.4 is 0 Å². The van der Waals surface area contributed by atoms with Crippen LogP contribution in [0.25, 0.3) is 0 Å². The first-order chi connectivity index (χ1) is 4.62. The number of fused-ring (bicyclic) bond motifs is 2. The van der Waals surface area contributed by atoms with Crippen molar-refractivity contribution in [2.75, 3.05) is 0 Å². The molecule has 1 fully saturated rings. The molecule has 0 aromatic rings. The van der Waals surface area contributed by atoms with E-state index in [0.717, 1.165) is 5.92 Å². The quantitative estimate of drug-likeness (QED) is 0.407. The first-order valence-electron chi connectivity index (χ1n) is 4.31. The fourth-order valence-electron chi connectivity index (χ4n) is 2.61. The van der Waals surface area contributed by atoms with Crippen molar-refractivity contribution in [3.63, 3.8) is 0 Å². The Balaban J connectivity index is 0.000000605. The summed E-state index contributed by atoms with van der Waals surface area (Å²) in [6, 6.07) is 0. The van der Waals surface area contributed by atoms with Gasteiger partial charge in [-0.15, -0.1) is 0 Å². The van der Waals surface area contributed by atoms with Gasteiger partial charge in [0.1, 0.15) is 0 Å². The van der Waals surface area contributed by atoms with Crippen LogP contribution in [-0.2, 0) is 17.1 Å². The van der Waals surface area contributed by atoms with Crippen LogP contribution in [0.3, 0.4) is 0 Å². The minimum absolute atomic E-state index is 0. The molecule has 0 aromatic carbocycles. The standard InChI is InChI=1S/C10H16.Mn/c1-7-4-5-8-6-9(7)10(8,2)3;/h8H,4-6H2,1-3H3;. The third-order valence-electron chi connectivity index (χ3n) is 3.63. The molecule has 1 radical (unpaired) electrons. The largest absolute Gasteiger partial charge is 0.0735 e. The van der Waals surface area contributed by atoms with E-state index in [2.05, 4.69) is 20.8 Å². The molecule has 0 saturated heterocycles. The van der Waals surface area contributed by atoms with Crippen LogP contribution in [0.4, 0.5) is 0 Å². The zero-order valence-corrected chi connectivity index (χ0v) is 8.76. The summed E-state index contributed by atoms with van der Waals surface area (Å²) in [5, 5.41) is 0. The minimum Gasteiger partial charge on any atom is -0.0735 e. The third kappa shape index (κ3) is 1.10. The SMILES string of the molecule is CC1=C2CC(CC1)C2(C)C.[Mn]. The Morgan fingerprint density at radius 3 is 2.27 bits per heavy atom. The maximum Gasteiger partial charge on any atom is 0 e. The molecule has 0 N–H and O–H groups in total. The van der Waals surface area contributed by atoms with Gasteiger partial charge in [0, 0.05) is 17.1 Å². The van der Waals surface area contributed by atoms with E-state index in [0.29, 0.717) is 5.41 Å². The monoisotopic (exact) mass is 191 g/mol. The molecule has 1 unspecified atom stereocenters. The van der Waals surface area contributed by atoms with E-state index < -0.39 is 0 Å². The molecule has 0 heterocycles. The van der Waals surface area contributed by atoms with Crippen molar-refractivity contribution in [3.8, 4) is 0 Å². The normalized spacial score (nSPS) is 32.5. The maximum atomic E-state index is 2.40. The van der Waals surface area contributed by atoms with Crippen molar-refractivity contribution >= 4 is 0 Å². The summed E-state index contributed by atoms with van der Waals surface area (Å²) >= 11 is 0. The molecular weight excluding hydrogens is 175 g/mol. The van der Waals surface area contributed by atoms with E-state index in [4.69, 9.17) is 0 Å². The molecule has 0 nitrogen and oxygen atoms in total. The van der Waals surface area contributed by atoms with Gasteiger partial charge in [-0.3, -0.25) is 0 Å². The van der Waals surface area contributed by atoms with Crippen molar-refractivity contribution in [2.45, 2.75) is 40.0 Å². The summed E-state index contributed by atoms with van der Waals surface area (Å²) in [5.74, 6) is 1.02. The predicted octanol–water partition coefficient (Wildman–Crippen LogP) is 3.14. The second kappa shape index (κ2) is 2.64. The Morgan fingerprint density at radius 2 is 2.00 bits per heavy atom. The second-order valence-electron chi connectivity index (χ2n) is 4.42. The predicted molar refractivity (Wildman–Crippen MR) is 43.8 cm³/mol. The van der Waals surface area contributed by atoms with Gasteiger partial charge >= 0.3 is 0 Å². The van der Waals surface area contributed by atoms with Gasteiger partial charge in [0.15, 0.2) is 0 Å². The molecule has 3 rings (SSSR count). The summed E-state index contributed by atoms with van der Waals surface area (Å²) in [5.41, 5.74) is 4.04. The fraction of sp³-hybridized carbons (Fsp3) is 0.800. The Kier molecular flexibility index (Phi) is 2.24. The summed E-state index contributed by atoms with van der Waals surface area (Å²) in [6.45, 7) is 7.12. The molecule has 0 aromatic heterocycles. The summed E-state index contributed by atoms with van der Waals surface area (Å²) in [7, 11) is 0. The van der Waals surface area contributed by atoms with Crippen LogP contribution in [0.1, 0.15) is 40.0 Å². The molecule has 11 heavy (non-hydrogen) atoms. The Morgan fingerprint density at radius 1 is 1.36 bits per heavy atom. The van der Waals surface area contributed by atoms with Crippen molar-refractivity contribution in [3.05, 3.63) is 11.1 Å². The van der Waals surface area contributed by atoms with Gasteiger partial charge < -0.3 is 0 Å². The van der Waals surface area contributed by atoms with Crippen LogP contribution in [0.2, 0.25) is 0 Å². The van der Waals surface area contributed by atoms with Crippen molar-refractivity contribution < 1.29 is 17.1 Å². The Labute approximate surface area is 79.9 Å². The molecule has 0 aliphatic heterocycles. The van der Waals surface area contributed by atoms with E-state index in [1.54, 1.807) is 11.1 Å². The van der Waals surface area contributed by atoms with E-state index >= 15 is 0 Å². The Hall–Kier alpha value is 0.259. The first kappa shape index (κ1) is 9.35. The maximum absolute atomic E-state index is 2.40. The van der Waals surface area contributed by atoms with Gasteiger partial charge in [0.05, 0.1) is 0 Å². The number of rotatable bonds is 0. The molecule has 2 bridgehead atoms. The molecule has 0 amide bonds. The summed E-state index contributed by atoms with van der Waals surface area (Å²) in [6.07, 6.45) is 4.24. The topological polar surface area (TPSA) is 0 Å². The molecular formula is C10H16Mn. The number of hydrogen-bond acceptors (Lipinski definition) is 0. The van der Waals surface area contributed by atoms with Gasteiger partial charge in [-0.1, -0.05) is 25.0 Å². The molecule has 1 heteroatoms. The van der Waals surface area contributed by atoms with E-state index in [-0.39, 0.29) is 17.1 Å². The van der Waals surface area contributed by atoms with E-state index in [9.17, 15) is 0 Å². The first-order valence-corrected chi connectivity index (χ1v) is 4.31. The van der Waals surface area contributed by atoms with Gasteiger partial charge in [0.25, 0.3) is 0 Å². The smallest absolute Gasteiger partial charge is 0 e. The van der Waals surface area contributed by atoms with Gasteiger partial charge in [-0.05, 0) is 37.5 Å². The van der Waals surface area contributed by atoms with Crippen LogP contribution in [0.5, 0.6) is 0 Å². The molecule has 63 valence electrons. The fourth-order valence-corrected chi connectivity index (χ4v) is 2.61. The average Bonchev–Trinajstić information content (AvgIpc) is 1.87. The van der Waals surface area contributed by atoms with Crippen LogP contribution in [0.15, 0.2) is 11.1 Å². The molecule has 3 aliphatic carbocycles. The number of hydrogen-bond donors (Lipinski definition) is 0. The van der Waals surface area contributed by atoms with Crippen LogP contribution in [-0.4, -0.2) is 0 Å². The van der Waals surface area contributed by atoms with E-state index in [1.165, 1.54) is 19.3 Å². The van der Waals surface area contributed by atoms with Crippen molar-refractivity contribution in [1.29, 1.82) is 0 Å². The number of allylic oxidation sites excluding steroid dienone is 2. The van der Waals surface area contributed by atoms with Crippen LogP contribution in [0, 0.1) is 11.3 Å².